The number of amides is 1. The Morgan fingerprint density at radius 3 is 2.46 bits per heavy atom. The van der Waals surface area contributed by atoms with E-state index in [-0.39, 0.29) is 23.3 Å². The van der Waals surface area contributed by atoms with Gasteiger partial charge in [-0.3, -0.25) is 4.79 Å². The quantitative estimate of drug-likeness (QED) is 0.513. The Labute approximate surface area is 172 Å². The average Bonchev–Trinajstić information content (AvgIpc) is 2.68. The van der Waals surface area contributed by atoms with E-state index >= 15 is 0 Å². The molecule has 2 rings (SSSR count). The molecule has 0 spiro atoms. The molecule has 7 heteroatoms. The van der Waals surface area contributed by atoms with Crippen LogP contribution in [0.1, 0.15) is 36.7 Å². The van der Waals surface area contributed by atoms with Gasteiger partial charge >= 0.3 is 5.97 Å². The Hall–Kier alpha value is -2.85. The van der Waals surface area contributed by atoms with Gasteiger partial charge in [0.25, 0.3) is 5.91 Å². The molecule has 6 nitrogen and oxygen atoms in total. The molecular formula is C21H21BrN2O4. The number of benzene rings is 2. The number of nitrogens with zero attached hydrogens (tertiary/aromatic N) is 1. The summed E-state index contributed by atoms with van der Waals surface area (Å²) in [4.78, 5) is 25.3. The van der Waals surface area contributed by atoms with Crippen LogP contribution in [0.25, 0.3) is 0 Å². The first-order valence-electron chi connectivity index (χ1n) is 8.81. The second-order valence-electron chi connectivity index (χ2n) is 6.31. The highest BCUT2D eigenvalue weighted by molar-refractivity contribution is 9.10. The average molecular weight is 445 g/mol. The van der Waals surface area contributed by atoms with E-state index in [9.17, 15) is 9.59 Å². The second kappa shape index (κ2) is 9.90. The van der Waals surface area contributed by atoms with Crippen molar-refractivity contribution in [3.05, 3.63) is 58.1 Å². The van der Waals surface area contributed by atoms with Crippen LogP contribution in [0.2, 0.25) is 0 Å². The summed E-state index contributed by atoms with van der Waals surface area (Å²) in [6.07, 6.45) is 0. The number of carbonyl (C=O) groups excluding carboxylic acids is 2. The smallest absolute Gasteiger partial charge is 0.334 e. The van der Waals surface area contributed by atoms with Crippen molar-refractivity contribution >= 4 is 27.8 Å². The summed E-state index contributed by atoms with van der Waals surface area (Å²) in [5.74, 6) is -0.734. The van der Waals surface area contributed by atoms with E-state index in [2.05, 4.69) is 21.2 Å². The zero-order chi connectivity index (χ0) is 20.7. The Morgan fingerprint density at radius 2 is 1.89 bits per heavy atom. The van der Waals surface area contributed by atoms with E-state index in [1.54, 1.807) is 31.2 Å². The molecule has 0 fully saturated rings. The fourth-order valence-corrected chi connectivity index (χ4v) is 2.99. The summed E-state index contributed by atoms with van der Waals surface area (Å²) < 4.78 is 11.5. The molecule has 0 aliphatic heterocycles. The van der Waals surface area contributed by atoms with Gasteiger partial charge in [-0.05, 0) is 47.0 Å². The van der Waals surface area contributed by atoms with Crippen LogP contribution in [0.5, 0.6) is 11.5 Å². The normalized spacial score (nSPS) is 11.4. The SMILES string of the molecule is CCOc1cc(C#N)cc(Br)c1OC(=O)[C@@H](NC(=O)c1ccccc1)C(C)C. The summed E-state index contributed by atoms with van der Waals surface area (Å²) >= 11 is 3.32. The molecule has 0 saturated heterocycles. The molecule has 2 aromatic rings. The lowest BCUT2D eigenvalue weighted by atomic mass is 10.0. The topological polar surface area (TPSA) is 88.4 Å². The van der Waals surface area contributed by atoms with Gasteiger partial charge in [0.2, 0.25) is 0 Å². The predicted molar refractivity (Wildman–Crippen MR) is 108 cm³/mol. The number of nitriles is 1. The summed E-state index contributed by atoms with van der Waals surface area (Å²) in [5, 5.41) is 11.8. The molecule has 0 unspecified atom stereocenters. The molecule has 1 N–H and O–H groups in total. The first-order chi connectivity index (χ1) is 13.4. The molecular weight excluding hydrogens is 424 g/mol. The number of rotatable bonds is 7. The number of esters is 1. The van der Waals surface area contributed by atoms with Crippen LogP contribution in [0.4, 0.5) is 0 Å². The zero-order valence-corrected chi connectivity index (χ0v) is 17.4. The Balaban J connectivity index is 2.25. The predicted octanol–water partition coefficient (Wildman–Crippen LogP) is 4.08. The van der Waals surface area contributed by atoms with E-state index in [0.29, 0.717) is 22.2 Å². The first kappa shape index (κ1) is 21.5. The molecule has 0 heterocycles. The van der Waals surface area contributed by atoms with Gasteiger partial charge < -0.3 is 14.8 Å². The van der Waals surface area contributed by atoms with Gasteiger partial charge in [-0.1, -0.05) is 32.0 Å². The summed E-state index contributed by atoms with van der Waals surface area (Å²) in [7, 11) is 0. The van der Waals surface area contributed by atoms with Crippen molar-refractivity contribution in [2.45, 2.75) is 26.8 Å². The van der Waals surface area contributed by atoms with E-state index in [1.807, 2.05) is 26.0 Å². The van der Waals surface area contributed by atoms with Gasteiger partial charge in [0, 0.05) is 11.6 Å². The lowest BCUT2D eigenvalue weighted by molar-refractivity contribution is -0.137. The van der Waals surface area contributed by atoms with Gasteiger partial charge in [-0.15, -0.1) is 0 Å². The van der Waals surface area contributed by atoms with Crippen molar-refractivity contribution in [1.82, 2.24) is 5.32 Å². The molecule has 0 saturated carbocycles. The monoisotopic (exact) mass is 444 g/mol. The van der Waals surface area contributed by atoms with E-state index in [1.165, 1.54) is 12.1 Å². The molecule has 0 bridgehead atoms. The Kier molecular flexibility index (Phi) is 7.59. The van der Waals surface area contributed by atoms with Crippen LogP contribution in [0.15, 0.2) is 46.9 Å². The highest BCUT2D eigenvalue weighted by atomic mass is 79.9. The second-order valence-corrected chi connectivity index (χ2v) is 7.17. The number of ether oxygens (including phenoxy) is 2. The molecule has 2 aromatic carbocycles. The van der Waals surface area contributed by atoms with Crippen molar-refractivity contribution in [2.24, 2.45) is 5.92 Å². The minimum Gasteiger partial charge on any atom is -0.490 e. The molecule has 28 heavy (non-hydrogen) atoms. The van der Waals surface area contributed by atoms with Gasteiger partial charge in [-0.2, -0.15) is 5.26 Å². The number of halogens is 1. The van der Waals surface area contributed by atoms with Crippen LogP contribution in [0.3, 0.4) is 0 Å². The zero-order valence-electron chi connectivity index (χ0n) is 15.9. The van der Waals surface area contributed by atoms with Crippen molar-refractivity contribution in [2.75, 3.05) is 6.61 Å². The van der Waals surface area contributed by atoms with Crippen LogP contribution >= 0.6 is 15.9 Å². The highest BCUT2D eigenvalue weighted by Crippen LogP contribution is 2.37. The van der Waals surface area contributed by atoms with Gasteiger partial charge in [0.1, 0.15) is 6.04 Å². The van der Waals surface area contributed by atoms with Gasteiger partial charge in [-0.25, -0.2) is 4.79 Å². The minimum absolute atomic E-state index is 0.172. The summed E-state index contributed by atoms with van der Waals surface area (Å²) in [6.45, 7) is 5.75. The third-order valence-corrected chi connectivity index (χ3v) is 4.47. The van der Waals surface area contributed by atoms with Crippen molar-refractivity contribution < 1.29 is 19.1 Å². The highest BCUT2D eigenvalue weighted by Gasteiger charge is 2.28. The summed E-state index contributed by atoms with van der Waals surface area (Å²) in [5.41, 5.74) is 0.823. The molecule has 0 radical (unpaired) electrons. The molecule has 146 valence electrons. The van der Waals surface area contributed by atoms with Crippen molar-refractivity contribution in [3.8, 4) is 17.6 Å². The minimum atomic E-state index is -0.857. The number of carbonyl (C=O) groups is 2. The van der Waals surface area contributed by atoms with Crippen LogP contribution in [-0.4, -0.2) is 24.5 Å². The summed E-state index contributed by atoms with van der Waals surface area (Å²) in [6, 6.07) is 12.9. The third kappa shape index (κ3) is 5.33. The molecule has 0 aliphatic rings. The molecule has 1 atom stereocenters. The van der Waals surface area contributed by atoms with Crippen LogP contribution in [-0.2, 0) is 4.79 Å². The van der Waals surface area contributed by atoms with Gasteiger partial charge in [0.05, 0.1) is 22.7 Å². The molecule has 0 aliphatic carbocycles. The maximum Gasteiger partial charge on any atom is 0.334 e. The van der Waals surface area contributed by atoms with E-state index < -0.39 is 12.0 Å². The van der Waals surface area contributed by atoms with Crippen LogP contribution < -0.4 is 14.8 Å². The number of hydrogen-bond donors (Lipinski definition) is 1. The van der Waals surface area contributed by atoms with Crippen molar-refractivity contribution in [3.63, 3.8) is 0 Å². The number of nitrogens with one attached hydrogen (secondary N) is 1. The molecule has 1 amide bonds. The van der Waals surface area contributed by atoms with Crippen molar-refractivity contribution in [1.29, 1.82) is 5.26 Å². The van der Waals surface area contributed by atoms with E-state index in [0.717, 1.165) is 0 Å². The largest absolute Gasteiger partial charge is 0.490 e. The fraction of sp³-hybridized carbons (Fsp3) is 0.286. The Bertz CT molecular complexity index is 891. The maximum atomic E-state index is 12.8. The Morgan fingerprint density at radius 1 is 1.21 bits per heavy atom. The van der Waals surface area contributed by atoms with Crippen LogP contribution in [0, 0.1) is 17.2 Å². The first-order valence-corrected chi connectivity index (χ1v) is 9.60. The lowest BCUT2D eigenvalue weighted by Gasteiger charge is -2.22. The fourth-order valence-electron chi connectivity index (χ4n) is 2.47. The van der Waals surface area contributed by atoms with Gasteiger partial charge in [0.15, 0.2) is 11.5 Å². The van der Waals surface area contributed by atoms with E-state index in [4.69, 9.17) is 14.7 Å². The standard InChI is InChI=1S/C21H21BrN2O4/c1-4-27-17-11-14(12-23)10-16(22)19(17)28-21(26)18(13(2)3)24-20(25)15-8-6-5-7-9-15/h5-11,13,18H,4H2,1-3H3,(H,24,25)/t18-/m0/s1. The third-order valence-electron chi connectivity index (χ3n) is 3.88. The lowest BCUT2D eigenvalue weighted by Crippen LogP contribution is -2.46. The number of hydrogen-bond acceptors (Lipinski definition) is 5. The molecule has 0 aromatic heterocycles. The maximum absolute atomic E-state index is 12.8.